The number of carbonyl (C=O) groups excluding carboxylic acids is 1. The average molecular weight is 311 g/mol. The number of hydrogen-bond donors (Lipinski definition) is 0. The molecule has 0 radical (unpaired) electrons. The molecule has 2 aromatic heterocycles. The Morgan fingerprint density at radius 2 is 2.13 bits per heavy atom. The van der Waals surface area contributed by atoms with Crippen LogP contribution < -0.4 is 0 Å². The summed E-state index contributed by atoms with van der Waals surface area (Å²) in [7, 11) is 0. The van der Waals surface area contributed by atoms with Crippen molar-refractivity contribution in [3.63, 3.8) is 0 Å². The lowest BCUT2D eigenvalue weighted by Crippen LogP contribution is -2.38. The van der Waals surface area contributed by atoms with E-state index in [9.17, 15) is 4.79 Å². The van der Waals surface area contributed by atoms with E-state index in [0.717, 1.165) is 30.7 Å². The largest absolute Gasteiger partial charge is 0.339 e. The Hall–Kier alpha value is -1.84. The molecule has 0 N–H and O–H groups in total. The SMILES string of the molecule is CC1(C)CC2CC(C)(CN2C(=O)Cc2cn3ccccc3n2)C1. The van der Waals surface area contributed by atoms with Gasteiger partial charge in [-0.15, -0.1) is 0 Å². The van der Waals surface area contributed by atoms with Crippen LogP contribution in [-0.2, 0) is 11.2 Å². The van der Waals surface area contributed by atoms with Gasteiger partial charge in [0.05, 0.1) is 12.1 Å². The normalized spacial score (nSPS) is 29.2. The van der Waals surface area contributed by atoms with E-state index in [-0.39, 0.29) is 5.91 Å². The summed E-state index contributed by atoms with van der Waals surface area (Å²) in [6.07, 6.45) is 7.86. The van der Waals surface area contributed by atoms with E-state index in [1.807, 2.05) is 35.0 Å². The van der Waals surface area contributed by atoms with Crippen LogP contribution in [0.5, 0.6) is 0 Å². The Morgan fingerprint density at radius 3 is 2.91 bits per heavy atom. The molecular formula is C19H25N3O. The van der Waals surface area contributed by atoms with Crippen LogP contribution in [0, 0.1) is 10.8 Å². The van der Waals surface area contributed by atoms with E-state index in [1.54, 1.807) is 0 Å². The van der Waals surface area contributed by atoms with E-state index in [1.165, 1.54) is 6.42 Å². The van der Waals surface area contributed by atoms with Crippen LogP contribution in [0.15, 0.2) is 30.6 Å². The molecule has 4 nitrogen and oxygen atoms in total. The third-order valence-electron chi connectivity index (χ3n) is 5.48. The van der Waals surface area contributed by atoms with Gasteiger partial charge in [-0.25, -0.2) is 4.98 Å². The first-order valence-corrected chi connectivity index (χ1v) is 8.56. The van der Waals surface area contributed by atoms with E-state index in [0.29, 0.717) is 23.3 Å². The van der Waals surface area contributed by atoms with Crippen LogP contribution in [0.4, 0.5) is 0 Å². The zero-order chi connectivity index (χ0) is 16.2. The maximum atomic E-state index is 12.9. The van der Waals surface area contributed by atoms with Crippen LogP contribution in [0.3, 0.4) is 0 Å². The third kappa shape index (κ3) is 2.64. The summed E-state index contributed by atoms with van der Waals surface area (Å²) in [5.74, 6) is 0.236. The summed E-state index contributed by atoms with van der Waals surface area (Å²) in [4.78, 5) is 19.6. The number of amides is 1. The fraction of sp³-hybridized carbons (Fsp3) is 0.579. The molecule has 122 valence electrons. The quantitative estimate of drug-likeness (QED) is 0.853. The second-order valence-electron chi connectivity index (χ2n) is 8.61. The van der Waals surface area contributed by atoms with Crippen molar-refractivity contribution >= 4 is 11.6 Å². The van der Waals surface area contributed by atoms with Gasteiger partial charge < -0.3 is 9.30 Å². The Kier molecular flexibility index (Phi) is 3.09. The molecule has 0 aromatic carbocycles. The number of nitrogens with zero attached hydrogens (tertiary/aromatic N) is 3. The van der Waals surface area contributed by atoms with Gasteiger partial charge in [-0.3, -0.25) is 4.79 Å². The molecule has 2 aromatic rings. The summed E-state index contributed by atoms with van der Waals surface area (Å²) in [6, 6.07) is 6.33. The van der Waals surface area contributed by atoms with E-state index in [2.05, 4.69) is 30.7 Å². The molecule has 2 aliphatic rings. The number of fused-ring (bicyclic) bond motifs is 3. The predicted molar refractivity (Wildman–Crippen MR) is 90.1 cm³/mol. The topological polar surface area (TPSA) is 37.6 Å². The molecule has 2 atom stereocenters. The highest BCUT2D eigenvalue weighted by Gasteiger charge is 2.50. The molecule has 23 heavy (non-hydrogen) atoms. The van der Waals surface area contributed by atoms with Gasteiger partial charge in [-0.2, -0.15) is 0 Å². The second kappa shape index (κ2) is 4.83. The van der Waals surface area contributed by atoms with Crippen LogP contribution in [0.2, 0.25) is 0 Å². The minimum atomic E-state index is 0.236. The number of rotatable bonds is 2. The molecule has 2 fully saturated rings. The Morgan fingerprint density at radius 1 is 1.30 bits per heavy atom. The molecule has 4 heteroatoms. The van der Waals surface area contributed by atoms with Crippen molar-refractivity contribution in [3.8, 4) is 0 Å². The number of aromatic nitrogens is 2. The number of pyridine rings is 1. The lowest BCUT2D eigenvalue weighted by Gasteiger charge is -2.39. The Bertz CT molecular complexity index is 730. The molecule has 1 saturated heterocycles. The molecular weight excluding hydrogens is 286 g/mol. The van der Waals surface area contributed by atoms with Crippen LogP contribution >= 0.6 is 0 Å². The van der Waals surface area contributed by atoms with Gasteiger partial charge >= 0.3 is 0 Å². The van der Waals surface area contributed by atoms with Crippen LogP contribution in [0.1, 0.15) is 45.7 Å². The molecule has 1 aliphatic heterocycles. The lowest BCUT2D eigenvalue weighted by molar-refractivity contribution is -0.131. The number of hydrogen-bond acceptors (Lipinski definition) is 2. The van der Waals surface area contributed by atoms with E-state index < -0.39 is 0 Å². The predicted octanol–water partition coefficient (Wildman–Crippen LogP) is 3.30. The number of carbonyl (C=O) groups is 1. The van der Waals surface area contributed by atoms with Gasteiger partial charge in [0.1, 0.15) is 5.65 Å². The summed E-state index contributed by atoms with van der Waals surface area (Å²) < 4.78 is 1.98. The zero-order valence-electron chi connectivity index (χ0n) is 14.2. The smallest absolute Gasteiger partial charge is 0.228 e. The van der Waals surface area contributed by atoms with Gasteiger partial charge in [0.25, 0.3) is 0 Å². The van der Waals surface area contributed by atoms with E-state index in [4.69, 9.17) is 0 Å². The minimum absolute atomic E-state index is 0.236. The first-order valence-electron chi connectivity index (χ1n) is 8.56. The standard InChI is InChI=1S/C19H25N3O/c1-18(2)9-15-10-19(3,12-18)13-22(15)17(23)8-14-11-21-7-5-4-6-16(21)20-14/h4-7,11,15H,8-10,12-13H2,1-3H3. The van der Waals surface area contributed by atoms with Crippen molar-refractivity contribution in [2.24, 2.45) is 10.8 Å². The average Bonchev–Trinajstić information content (AvgIpc) is 2.95. The first kappa shape index (κ1) is 14.7. The molecule has 1 amide bonds. The fourth-order valence-electron chi connectivity index (χ4n) is 5.08. The lowest BCUT2D eigenvalue weighted by atomic mass is 9.65. The maximum Gasteiger partial charge on any atom is 0.228 e. The maximum absolute atomic E-state index is 12.9. The number of likely N-dealkylation sites (tertiary alicyclic amines) is 1. The van der Waals surface area contributed by atoms with Crippen molar-refractivity contribution < 1.29 is 4.79 Å². The third-order valence-corrected chi connectivity index (χ3v) is 5.48. The van der Waals surface area contributed by atoms with Gasteiger partial charge in [0, 0.05) is 25.0 Å². The number of imidazole rings is 1. The van der Waals surface area contributed by atoms with Crippen LogP contribution in [-0.4, -0.2) is 32.8 Å². The summed E-state index contributed by atoms with van der Waals surface area (Å²) in [5.41, 5.74) is 2.41. The highest BCUT2D eigenvalue weighted by Crippen LogP contribution is 2.52. The van der Waals surface area contributed by atoms with Crippen molar-refractivity contribution in [1.29, 1.82) is 0 Å². The molecule has 3 heterocycles. The van der Waals surface area contributed by atoms with Gasteiger partial charge in [0.2, 0.25) is 5.91 Å². The van der Waals surface area contributed by atoms with E-state index >= 15 is 0 Å². The summed E-state index contributed by atoms with van der Waals surface area (Å²) >= 11 is 0. The van der Waals surface area contributed by atoms with Crippen molar-refractivity contribution in [2.75, 3.05) is 6.54 Å². The zero-order valence-corrected chi connectivity index (χ0v) is 14.2. The van der Waals surface area contributed by atoms with Crippen molar-refractivity contribution in [3.05, 3.63) is 36.3 Å². The minimum Gasteiger partial charge on any atom is -0.339 e. The van der Waals surface area contributed by atoms with Crippen molar-refractivity contribution in [1.82, 2.24) is 14.3 Å². The highest BCUT2D eigenvalue weighted by atomic mass is 16.2. The fourth-order valence-corrected chi connectivity index (χ4v) is 5.08. The molecule has 2 bridgehead atoms. The van der Waals surface area contributed by atoms with Crippen molar-refractivity contribution in [2.45, 2.75) is 52.5 Å². The molecule has 2 unspecified atom stereocenters. The molecule has 4 rings (SSSR count). The van der Waals surface area contributed by atoms with Gasteiger partial charge in [-0.1, -0.05) is 26.8 Å². The summed E-state index contributed by atoms with van der Waals surface area (Å²) in [5, 5.41) is 0. The first-order chi connectivity index (χ1) is 10.8. The molecule has 0 spiro atoms. The Balaban J connectivity index is 1.53. The Labute approximate surface area is 137 Å². The summed E-state index contributed by atoms with van der Waals surface area (Å²) in [6.45, 7) is 7.94. The van der Waals surface area contributed by atoms with Gasteiger partial charge in [0.15, 0.2) is 0 Å². The van der Waals surface area contributed by atoms with Gasteiger partial charge in [-0.05, 0) is 42.2 Å². The monoisotopic (exact) mass is 311 g/mol. The van der Waals surface area contributed by atoms with Crippen LogP contribution in [0.25, 0.3) is 5.65 Å². The second-order valence-corrected chi connectivity index (χ2v) is 8.61. The molecule has 1 saturated carbocycles. The highest BCUT2D eigenvalue weighted by molar-refractivity contribution is 5.79. The molecule has 1 aliphatic carbocycles.